The van der Waals surface area contributed by atoms with Gasteiger partial charge >= 0.3 is 0 Å². The minimum atomic E-state index is -1.03. The summed E-state index contributed by atoms with van der Waals surface area (Å²) in [5.74, 6) is 5.15. The highest BCUT2D eigenvalue weighted by molar-refractivity contribution is 6.31. The molecule has 72 valence electrons. The van der Waals surface area contributed by atoms with Gasteiger partial charge in [-0.2, -0.15) is 0 Å². The quantitative estimate of drug-likeness (QED) is 0.504. The minimum Gasteiger partial charge on any atom is -0.384 e. The highest BCUT2D eigenvalue weighted by Crippen LogP contribution is 2.26. The van der Waals surface area contributed by atoms with Gasteiger partial charge in [0.15, 0.2) is 0 Å². The Morgan fingerprint density at radius 3 is 2.69 bits per heavy atom. The van der Waals surface area contributed by atoms with Crippen LogP contribution in [0.15, 0.2) is 24.3 Å². The Balaban J connectivity index is 2.99. The van der Waals surface area contributed by atoms with Crippen LogP contribution in [0, 0.1) is 0 Å². The number of nitrogens with one attached hydrogen (secondary N) is 1. The van der Waals surface area contributed by atoms with Crippen LogP contribution >= 0.6 is 11.6 Å². The van der Waals surface area contributed by atoms with Crippen LogP contribution < -0.4 is 11.3 Å². The molecule has 0 spiro atoms. The van der Waals surface area contributed by atoms with Crippen molar-refractivity contribution in [2.45, 2.75) is 12.5 Å². The maximum Gasteiger partial charge on any atom is 0.102 e. The van der Waals surface area contributed by atoms with Gasteiger partial charge in [0.05, 0.1) is 0 Å². The molecule has 0 fully saturated rings. The molecule has 0 heterocycles. The molecule has 4 N–H and O–H groups in total. The van der Waals surface area contributed by atoms with Crippen molar-refractivity contribution in [3.05, 3.63) is 34.9 Å². The van der Waals surface area contributed by atoms with Gasteiger partial charge < -0.3 is 5.11 Å². The lowest BCUT2D eigenvalue weighted by atomic mass is 9.96. The standard InChI is InChI=1S/C9H13ClN2O/c1-9(13,6-12-11)7-4-2-3-5-8(7)10/h2-5,12-13H,6,11H2,1H3. The van der Waals surface area contributed by atoms with Crippen molar-refractivity contribution >= 4 is 11.6 Å². The first-order valence-corrected chi connectivity index (χ1v) is 4.36. The molecule has 0 aromatic heterocycles. The second kappa shape index (κ2) is 4.07. The van der Waals surface area contributed by atoms with E-state index in [1.54, 1.807) is 19.1 Å². The van der Waals surface area contributed by atoms with Crippen LogP contribution in [0.3, 0.4) is 0 Å². The van der Waals surface area contributed by atoms with Crippen molar-refractivity contribution in [1.82, 2.24) is 5.43 Å². The second-order valence-electron chi connectivity index (χ2n) is 3.13. The van der Waals surface area contributed by atoms with Crippen molar-refractivity contribution in [2.24, 2.45) is 5.84 Å². The molecule has 0 saturated carbocycles. The summed E-state index contributed by atoms with van der Waals surface area (Å²) in [5, 5.41) is 10.5. The molecule has 0 radical (unpaired) electrons. The van der Waals surface area contributed by atoms with Gasteiger partial charge in [-0.05, 0) is 13.0 Å². The molecule has 1 atom stereocenters. The van der Waals surface area contributed by atoms with Crippen molar-refractivity contribution in [3.63, 3.8) is 0 Å². The third-order valence-electron chi connectivity index (χ3n) is 1.90. The fraction of sp³-hybridized carbons (Fsp3) is 0.333. The van der Waals surface area contributed by atoms with Crippen LogP contribution in [0.4, 0.5) is 0 Å². The molecule has 0 aliphatic carbocycles. The topological polar surface area (TPSA) is 58.3 Å². The van der Waals surface area contributed by atoms with E-state index in [4.69, 9.17) is 17.4 Å². The lowest BCUT2D eigenvalue weighted by Gasteiger charge is -2.24. The molecule has 3 nitrogen and oxygen atoms in total. The largest absolute Gasteiger partial charge is 0.384 e. The summed E-state index contributed by atoms with van der Waals surface area (Å²) in [6.07, 6.45) is 0. The molecule has 4 heteroatoms. The summed E-state index contributed by atoms with van der Waals surface area (Å²) in [6, 6.07) is 7.16. The fourth-order valence-corrected chi connectivity index (χ4v) is 1.53. The molecule has 13 heavy (non-hydrogen) atoms. The van der Waals surface area contributed by atoms with E-state index in [-0.39, 0.29) is 6.54 Å². The van der Waals surface area contributed by atoms with Gasteiger partial charge in [0, 0.05) is 17.1 Å². The highest BCUT2D eigenvalue weighted by atomic mass is 35.5. The first-order valence-electron chi connectivity index (χ1n) is 3.99. The summed E-state index contributed by atoms with van der Waals surface area (Å²) in [5.41, 5.74) is 2.07. The number of halogens is 1. The molecule has 0 aliphatic rings. The predicted octanol–water partition coefficient (Wildman–Crippen LogP) is 1.01. The van der Waals surface area contributed by atoms with Gasteiger partial charge in [0.2, 0.25) is 0 Å². The molecular formula is C9H13ClN2O. The Morgan fingerprint density at radius 1 is 1.54 bits per heavy atom. The zero-order valence-electron chi connectivity index (χ0n) is 7.42. The average Bonchev–Trinajstić information content (AvgIpc) is 2.04. The van der Waals surface area contributed by atoms with E-state index in [2.05, 4.69) is 5.43 Å². The third kappa shape index (κ3) is 2.42. The third-order valence-corrected chi connectivity index (χ3v) is 2.23. The van der Waals surface area contributed by atoms with Gasteiger partial charge in [-0.25, -0.2) is 0 Å². The van der Waals surface area contributed by atoms with E-state index in [1.165, 1.54) is 0 Å². The summed E-state index contributed by atoms with van der Waals surface area (Å²) in [7, 11) is 0. The maximum atomic E-state index is 9.94. The van der Waals surface area contributed by atoms with Crippen molar-refractivity contribution in [3.8, 4) is 0 Å². The lowest BCUT2D eigenvalue weighted by Crippen LogP contribution is -2.39. The van der Waals surface area contributed by atoms with Crippen LogP contribution in [0.5, 0.6) is 0 Å². The Morgan fingerprint density at radius 2 is 2.15 bits per heavy atom. The normalized spacial score (nSPS) is 15.4. The number of hydrogen-bond acceptors (Lipinski definition) is 3. The summed E-state index contributed by atoms with van der Waals surface area (Å²) >= 11 is 5.92. The van der Waals surface area contributed by atoms with Gasteiger partial charge in [-0.15, -0.1) is 0 Å². The fourth-order valence-electron chi connectivity index (χ4n) is 1.19. The molecule has 1 aromatic carbocycles. The Kier molecular flexibility index (Phi) is 3.27. The molecule has 0 bridgehead atoms. The molecule has 0 saturated heterocycles. The smallest absolute Gasteiger partial charge is 0.102 e. The molecule has 1 rings (SSSR count). The number of rotatable bonds is 3. The highest BCUT2D eigenvalue weighted by Gasteiger charge is 2.24. The zero-order chi connectivity index (χ0) is 9.90. The number of benzene rings is 1. The molecular weight excluding hydrogens is 188 g/mol. The first kappa shape index (κ1) is 10.5. The second-order valence-corrected chi connectivity index (χ2v) is 3.54. The molecule has 1 unspecified atom stereocenters. The SMILES string of the molecule is CC(O)(CNN)c1ccccc1Cl. The van der Waals surface area contributed by atoms with Gasteiger partial charge in [-0.3, -0.25) is 11.3 Å². The number of hydrogen-bond donors (Lipinski definition) is 3. The minimum absolute atomic E-state index is 0.261. The molecule has 0 amide bonds. The Bertz CT molecular complexity index is 289. The summed E-state index contributed by atoms with van der Waals surface area (Å²) < 4.78 is 0. The average molecular weight is 201 g/mol. The van der Waals surface area contributed by atoms with E-state index >= 15 is 0 Å². The van der Waals surface area contributed by atoms with Crippen LogP contribution in [0.1, 0.15) is 12.5 Å². The number of aliphatic hydroxyl groups is 1. The Hall–Kier alpha value is -0.610. The summed E-state index contributed by atoms with van der Waals surface area (Å²) in [6.45, 7) is 1.92. The maximum absolute atomic E-state index is 9.94. The monoisotopic (exact) mass is 200 g/mol. The van der Waals surface area contributed by atoms with Gasteiger partial charge in [-0.1, -0.05) is 29.8 Å². The van der Waals surface area contributed by atoms with E-state index in [9.17, 15) is 5.11 Å². The van der Waals surface area contributed by atoms with E-state index in [0.29, 0.717) is 10.6 Å². The predicted molar refractivity (Wildman–Crippen MR) is 53.2 cm³/mol. The van der Waals surface area contributed by atoms with Crippen LogP contribution in [-0.2, 0) is 5.60 Å². The van der Waals surface area contributed by atoms with Gasteiger partial charge in [0.1, 0.15) is 5.60 Å². The van der Waals surface area contributed by atoms with Gasteiger partial charge in [0.25, 0.3) is 0 Å². The van der Waals surface area contributed by atoms with Crippen LogP contribution in [0.25, 0.3) is 0 Å². The summed E-state index contributed by atoms with van der Waals surface area (Å²) in [4.78, 5) is 0. The van der Waals surface area contributed by atoms with Crippen molar-refractivity contribution in [2.75, 3.05) is 6.54 Å². The van der Waals surface area contributed by atoms with Crippen molar-refractivity contribution in [1.29, 1.82) is 0 Å². The number of hydrazine groups is 1. The van der Waals surface area contributed by atoms with E-state index in [1.807, 2.05) is 12.1 Å². The first-order chi connectivity index (χ1) is 6.08. The zero-order valence-corrected chi connectivity index (χ0v) is 8.17. The lowest BCUT2D eigenvalue weighted by molar-refractivity contribution is 0.0573. The van der Waals surface area contributed by atoms with Crippen LogP contribution in [-0.4, -0.2) is 11.7 Å². The van der Waals surface area contributed by atoms with Crippen molar-refractivity contribution < 1.29 is 5.11 Å². The number of nitrogens with two attached hydrogens (primary N) is 1. The Labute approximate surface area is 82.5 Å². The van der Waals surface area contributed by atoms with E-state index < -0.39 is 5.60 Å². The molecule has 1 aromatic rings. The molecule has 0 aliphatic heterocycles. The van der Waals surface area contributed by atoms with Crippen LogP contribution in [0.2, 0.25) is 5.02 Å². The van der Waals surface area contributed by atoms with E-state index in [0.717, 1.165) is 0 Å².